The summed E-state index contributed by atoms with van der Waals surface area (Å²) in [5, 5.41) is 0. The number of imidazole rings is 1. The van der Waals surface area contributed by atoms with Gasteiger partial charge in [-0.05, 0) is 28.4 Å². The van der Waals surface area contributed by atoms with E-state index >= 15 is 0 Å². The first kappa shape index (κ1) is 20.7. The maximum atomic E-state index is 14.0. The number of hydrogen-bond donors (Lipinski definition) is 0. The molecule has 1 aliphatic carbocycles. The van der Waals surface area contributed by atoms with E-state index in [1.165, 1.54) is 25.4 Å². The van der Waals surface area contributed by atoms with Crippen LogP contribution < -0.4 is 4.74 Å². The Hall–Kier alpha value is -2.59. The lowest BCUT2D eigenvalue weighted by Gasteiger charge is -2.18. The summed E-state index contributed by atoms with van der Waals surface area (Å²) in [7, 11) is 1.25. The van der Waals surface area contributed by atoms with Crippen molar-refractivity contribution in [1.29, 1.82) is 0 Å². The van der Waals surface area contributed by atoms with E-state index in [0.29, 0.717) is 29.0 Å². The second-order valence-corrected chi connectivity index (χ2v) is 7.51. The van der Waals surface area contributed by atoms with Crippen LogP contribution in [0, 0.1) is 5.82 Å². The molecule has 0 N–H and O–H groups in total. The monoisotopic (exact) mass is 484 g/mol. The summed E-state index contributed by atoms with van der Waals surface area (Å²) in [5.41, 5.74) is 2.02. The van der Waals surface area contributed by atoms with Crippen LogP contribution in [0.2, 0.25) is 0 Å². The predicted molar refractivity (Wildman–Crippen MR) is 103 cm³/mol. The molecule has 1 aromatic carbocycles. The second-order valence-electron chi connectivity index (χ2n) is 6.66. The van der Waals surface area contributed by atoms with Gasteiger partial charge in [0.05, 0.1) is 23.0 Å². The molecule has 0 bridgehead atoms. The van der Waals surface area contributed by atoms with Crippen LogP contribution in [-0.2, 0) is 14.3 Å². The van der Waals surface area contributed by atoms with Crippen molar-refractivity contribution in [2.75, 3.05) is 13.7 Å². The number of esters is 1. The molecule has 0 saturated carbocycles. The van der Waals surface area contributed by atoms with Crippen molar-refractivity contribution < 1.29 is 32.2 Å². The van der Waals surface area contributed by atoms with E-state index in [9.17, 15) is 18.0 Å². The minimum Gasteiger partial charge on any atom is -0.467 e. The van der Waals surface area contributed by atoms with E-state index in [0.717, 1.165) is 0 Å². The van der Waals surface area contributed by atoms with E-state index < -0.39 is 30.4 Å². The maximum absolute atomic E-state index is 14.0. The highest BCUT2D eigenvalue weighted by molar-refractivity contribution is 9.10. The first-order valence-corrected chi connectivity index (χ1v) is 9.77. The molecule has 2 unspecified atom stereocenters. The van der Waals surface area contributed by atoms with Gasteiger partial charge in [-0.25, -0.2) is 14.2 Å². The van der Waals surface area contributed by atoms with E-state index in [1.807, 2.05) is 0 Å². The molecule has 4 rings (SSSR count). The molecule has 0 spiro atoms. The smallest absolute Gasteiger partial charge is 0.387 e. The fraction of sp³-hybridized carbons (Fsp3) is 0.300. The number of pyridine rings is 1. The third kappa shape index (κ3) is 3.77. The standard InChI is InChI=1S/C20H16BrF3N2O4/c1-28-17(27)9-29-15-6-11(10-4-2-3-5-14(10)30-20(23)24)19-18(15)25-16-7-13(22)12(21)8-26(16)19/h2-5,7-8,11,15,20H,6,9H2,1H3. The average Bonchev–Trinajstić information content (AvgIpc) is 3.24. The summed E-state index contributed by atoms with van der Waals surface area (Å²) in [4.78, 5) is 16.0. The van der Waals surface area contributed by atoms with Gasteiger partial charge in [0.15, 0.2) is 0 Å². The van der Waals surface area contributed by atoms with Crippen molar-refractivity contribution in [3.63, 3.8) is 0 Å². The van der Waals surface area contributed by atoms with Crippen molar-refractivity contribution in [1.82, 2.24) is 9.38 Å². The van der Waals surface area contributed by atoms with Gasteiger partial charge in [-0.2, -0.15) is 8.78 Å². The molecule has 2 heterocycles. The van der Waals surface area contributed by atoms with Crippen LogP contribution in [0.3, 0.4) is 0 Å². The third-order valence-corrected chi connectivity index (χ3v) is 5.54. The Kier molecular flexibility index (Phi) is 5.70. The van der Waals surface area contributed by atoms with Gasteiger partial charge in [-0.3, -0.25) is 0 Å². The lowest BCUT2D eigenvalue weighted by Crippen LogP contribution is -2.13. The van der Waals surface area contributed by atoms with Crippen LogP contribution in [0.25, 0.3) is 5.65 Å². The van der Waals surface area contributed by atoms with Crippen LogP contribution in [-0.4, -0.2) is 35.7 Å². The average molecular weight is 485 g/mol. The number of halogens is 4. The van der Waals surface area contributed by atoms with Crippen LogP contribution >= 0.6 is 15.9 Å². The normalized spacial score (nSPS) is 18.1. The number of carbonyl (C=O) groups is 1. The van der Waals surface area contributed by atoms with Gasteiger partial charge in [-0.1, -0.05) is 18.2 Å². The molecule has 2 atom stereocenters. The molecule has 3 aromatic rings. The number of hydrogen-bond acceptors (Lipinski definition) is 5. The molecule has 10 heteroatoms. The molecule has 0 fully saturated rings. The molecule has 30 heavy (non-hydrogen) atoms. The summed E-state index contributed by atoms with van der Waals surface area (Å²) in [6.45, 7) is -3.28. The predicted octanol–water partition coefficient (Wildman–Crippen LogP) is 4.60. The molecular weight excluding hydrogens is 469 g/mol. The number of para-hydroxylation sites is 1. The zero-order valence-electron chi connectivity index (χ0n) is 15.6. The summed E-state index contributed by atoms with van der Waals surface area (Å²) in [6.07, 6.45) is 1.27. The van der Waals surface area contributed by atoms with Crippen molar-refractivity contribution >= 4 is 27.5 Å². The quantitative estimate of drug-likeness (QED) is 0.478. The van der Waals surface area contributed by atoms with Crippen LogP contribution in [0.1, 0.15) is 35.4 Å². The van der Waals surface area contributed by atoms with Gasteiger partial charge < -0.3 is 18.6 Å². The Morgan fingerprint density at radius 1 is 1.37 bits per heavy atom. The zero-order chi connectivity index (χ0) is 21.4. The SMILES string of the molecule is COC(=O)COC1CC(c2ccccc2OC(F)F)c2c1nc1cc(F)c(Br)cn21. The van der Waals surface area contributed by atoms with Crippen LogP contribution in [0.5, 0.6) is 5.75 Å². The molecular formula is C20H16BrF3N2O4. The van der Waals surface area contributed by atoms with Gasteiger partial charge >= 0.3 is 12.6 Å². The van der Waals surface area contributed by atoms with Crippen molar-refractivity contribution in [2.45, 2.75) is 25.1 Å². The van der Waals surface area contributed by atoms with Crippen molar-refractivity contribution in [3.8, 4) is 5.75 Å². The maximum Gasteiger partial charge on any atom is 0.387 e. The number of carbonyl (C=O) groups excluding carboxylic acids is 1. The molecule has 0 aliphatic heterocycles. The number of nitrogens with zero attached hydrogens (tertiary/aromatic N) is 2. The van der Waals surface area contributed by atoms with E-state index in [2.05, 4.69) is 25.7 Å². The molecule has 0 radical (unpaired) electrons. The van der Waals surface area contributed by atoms with E-state index in [1.54, 1.807) is 22.6 Å². The molecule has 6 nitrogen and oxygen atoms in total. The Labute approximate surface area is 177 Å². The zero-order valence-corrected chi connectivity index (χ0v) is 17.2. The number of benzene rings is 1. The van der Waals surface area contributed by atoms with Gasteiger partial charge in [0.2, 0.25) is 0 Å². The lowest BCUT2D eigenvalue weighted by molar-refractivity contribution is -0.148. The first-order chi connectivity index (χ1) is 14.4. The van der Waals surface area contributed by atoms with Gasteiger partial charge in [-0.15, -0.1) is 0 Å². The van der Waals surface area contributed by atoms with Gasteiger partial charge in [0, 0.05) is 23.7 Å². The first-order valence-electron chi connectivity index (χ1n) is 8.98. The summed E-state index contributed by atoms with van der Waals surface area (Å²) >= 11 is 3.17. The number of methoxy groups -OCH3 is 1. The minimum absolute atomic E-state index is 0.0354. The van der Waals surface area contributed by atoms with Crippen molar-refractivity contribution in [3.05, 3.63) is 63.8 Å². The number of rotatable bonds is 6. The van der Waals surface area contributed by atoms with Crippen LogP contribution in [0.4, 0.5) is 13.2 Å². The number of aromatic nitrogens is 2. The van der Waals surface area contributed by atoms with E-state index in [4.69, 9.17) is 9.47 Å². The summed E-state index contributed by atoms with van der Waals surface area (Å²) in [6, 6.07) is 7.73. The third-order valence-electron chi connectivity index (χ3n) is 4.96. The Bertz CT molecular complexity index is 1110. The van der Waals surface area contributed by atoms with Gasteiger partial charge in [0.1, 0.15) is 29.9 Å². The highest BCUT2D eigenvalue weighted by atomic mass is 79.9. The molecule has 2 aromatic heterocycles. The lowest BCUT2D eigenvalue weighted by atomic mass is 9.95. The number of fused-ring (bicyclic) bond motifs is 3. The van der Waals surface area contributed by atoms with Gasteiger partial charge in [0.25, 0.3) is 0 Å². The Morgan fingerprint density at radius 2 is 2.13 bits per heavy atom. The van der Waals surface area contributed by atoms with E-state index in [-0.39, 0.29) is 16.8 Å². The Morgan fingerprint density at radius 3 is 2.87 bits per heavy atom. The molecule has 0 saturated heterocycles. The fourth-order valence-electron chi connectivity index (χ4n) is 3.72. The largest absolute Gasteiger partial charge is 0.467 e. The topological polar surface area (TPSA) is 62.1 Å². The minimum atomic E-state index is -2.98. The van der Waals surface area contributed by atoms with Crippen molar-refractivity contribution in [2.24, 2.45) is 0 Å². The number of ether oxygens (including phenoxy) is 3. The fourth-order valence-corrected chi connectivity index (χ4v) is 4.04. The number of alkyl halides is 2. The summed E-state index contributed by atoms with van der Waals surface area (Å²) < 4.78 is 56.8. The van der Waals surface area contributed by atoms with Crippen LogP contribution in [0.15, 0.2) is 41.0 Å². The second kappa shape index (κ2) is 8.27. The highest BCUT2D eigenvalue weighted by Crippen LogP contribution is 2.48. The molecule has 158 valence electrons. The highest BCUT2D eigenvalue weighted by Gasteiger charge is 2.39. The molecule has 0 amide bonds. The summed E-state index contributed by atoms with van der Waals surface area (Å²) in [5.74, 6) is -1.44. The Balaban J connectivity index is 1.82. The molecule has 1 aliphatic rings.